The SMILES string of the molecule is CN(CCNC(=O)c1cc(NC(=O)c2cc(NC(=O)c3cccn3C)cn2C)cn1C)CCNC(=O)c1cc(NC(=O)c2cc(NC(=O)c3cc(NC(=O)c4cccn4C)cn3C)cn2C)cn1C. The van der Waals surface area contributed by atoms with Gasteiger partial charge in [0.05, 0.1) is 28.4 Å². The number of carbonyl (C=O) groups excluding carboxylic acids is 7. The summed E-state index contributed by atoms with van der Waals surface area (Å²) in [5.74, 6) is -2.62. The van der Waals surface area contributed by atoms with E-state index in [2.05, 4.69) is 37.2 Å². The minimum absolute atomic E-state index is 0.255. The zero-order valence-electron chi connectivity index (χ0n) is 39.5. The Labute approximate surface area is 396 Å². The molecule has 0 aliphatic rings. The molecule has 22 nitrogen and oxygen atoms in total. The molecule has 0 saturated carbocycles. The predicted molar refractivity (Wildman–Crippen MR) is 260 cm³/mol. The topological polar surface area (TPSA) is 241 Å². The molecule has 7 heterocycles. The van der Waals surface area contributed by atoms with E-state index < -0.39 is 17.7 Å². The molecule has 0 aromatic carbocycles. The van der Waals surface area contributed by atoms with Gasteiger partial charge in [-0.1, -0.05) is 0 Å². The molecule has 0 aliphatic heterocycles. The summed E-state index contributed by atoms with van der Waals surface area (Å²) in [5.41, 5.74) is 4.55. The molecular formula is C47H55N15O7. The Morgan fingerprint density at radius 2 is 0.623 bits per heavy atom. The van der Waals surface area contributed by atoms with E-state index >= 15 is 0 Å². The highest BCUT2D eigenvalue weighted by Crippen LogP contribution is 2.22. The zero-order valence-corrected chi connectivity index (χ0v) is 39.5. The van der Waals surface area contributed by atoms with Crippen LogP contribution in [0.3, 0.4) is 0 Å². The van der Waals surface area contributed by atoms with Gasteiger partial charge in [0.1, 0.15) is 39.9 Å². The molecule has 360 valence electrons. The highest BCUT2D eigenvalue weighted by atomic mass is 16.2. The highest BCUT2D eigenvalue weighted by molar-refractivity contribution is 6.09. The second-order valence-corrected chi connectivity index (χ2v) is 16.7. The molecular weight excluding hydrogens is 887 g/mol. The van der Waals surface area contributed by atoms with E-state index in [-0.39, 0.29) is 35.0 Å². The summed E-state index contributed by atoms with van der Waals surface area (Å²) in [4.78, 5) is 93.2. The number of amides is 7. The van der Waals surface area contributed by atoms with Gasteiger partial charge in [0.2, 0.25) is 0 Å². The Morgan fingerprint density at radius 1 is 0.377 bits per heavy atom. The average molecular weight is 942 g/mol. The molecule has 0 unspecified atom stereocenters. The molecule has 7 amide bonds. The van der Waals surface area contributed by atoms with Crippen LogP contribution in [0.25, 0.3) is 0 Å². The lowest BCUT2D eigenvalue weighted by molar-refractivity contribution is 0.0937. The van der Waals surface area contributed by atoms with E-state index in [0.717, 1.165) is 0 Å². The van der Waals surface area contributed by atoms with Crippen LogP contribution in [0.2, 0.25) is 0 Å². The van der Waals surface area contributed by atoms with E-state index in [0.29, 0.717) is 83.1 Å². The fourth-order valence-corrected chi connectivity index (χ4v) is 7.68. The molecule has 22 heteroatoms. The molecule has 7 aromatic rings. The minimum atomic E-state index is -0.460. The molecule has 7 rings (SSSR count). The molecule has 0 radical (unpaired) electrons. The van der Waals surface area contributed by atoms with Crippen molar-refractivity contribution in [3.05, 3.63) is 138 Å². The van der Waals surface area contributed by atoms with Crippen molar-refractivity contribution in [2.24, 2.45) is 49.3 Å². The van der Waals surface area contributed by atoms with Crippen molar-refractivity contribution in [3.63, 3.8) is 0 Å². The summed E-state index contributed by atoms with van der Waals surface area (Å²) in [6.45, 7) is 1.59. The fraction of sp³-hybridized carbons (Fsp3) is 0.255. The van der Waals surface area contributed by atoms with Crippen LogP contribution in [0.1, 0.15) is 73.4 Å². The number of hydrogen-bond acceptors (Lipinski definition) is 8. The molecule has 7 N–H and O–H groups in total. The van der Waals surface area contributed by atoms with Gasteiger partial charge in [0.15, 0.2) is 0 Å². The third kappa shape index (κ3) is 11.3. The third-order valence-corrected chi connectivity index (χ3v) is 11.4. The number of nitrogens with zero attached hydrogens (tertiary/aromatic N) is 8. The zero-order chi connectivity index (χ0) is 49.7. The van der Waals surface area contributed by atoms with Crippen molar-refractivity contribution < 1.29 is 33.6 Å². The van der Waals surface area contributed by atoms with Gasteiger partial charge in [0.25, 0.3) is 41.4 Å². The summed E-state index contributed by atoms with van der Waals surface area (Å²) >= 11 is 0. The van der Waals surface area contributed by atoms with Crippen LogP contribution in [-0.4, -0.2) is 111 Å². The van der Waals surface area contributed by atoms with E-state index in [1.165, 1.54) is 6.07 Å². The van der Waals surface area contributed by atoms with Crippen LogP contribution in [0.4, 0.5) is 28.4 Å². The average Bonchev–Trinajstić information content (AvgIpc) is 4.17. The van der Waals surface area contributed by atoms with Gasteiger partial charge in [-0.15, -0.1) is 0 Å². The maximum absolute atomic E-state index is 13.3. The summed E-state index contributed by atoms with van der Waals surface area (Å²) in [6, 6.07) is 14.7. The maximum Gasteiger partial charge on any atom is 0.272 e. The smallest absolute Gasteiger partial charge is 0.272 e. The van der Waals surface area contributed by atoms with Gasteiger partial charge in [0, 0.05) is 119 Å². The lowest BCUT2D eigenvalue weighted by Gasteiger charge is -2.17. The number of rotatable bonds is 18. The van der Waals surface area contributed by atoms with Crippen LogP contribution >= 0.6 is 0 Å². The third-order valence-electron chi connectivity index (χ3n) is 11.4. The van der Waals surface area contributed by atoms with Crippen LogP contribution < -0.4 is 37.2 Å². The quantitative estimate of drug-likeness (QED) is 0.0671. The van der Waals surface area contributed by atoms with Gasteiger partial charge >= 0.3 is 0 Å². The number of hydrogen-bond donors (Lipinski definition) is 7. The second-order valence-electron chi connectivity index (χ2n) is 16.7. The standard InChI is InChI=1S/C47H55N15O7/c1-55(17-13-48-41(63)36-19-29(24-58(36)4)52-45(67)38-21-31(26-60(38)6)50-43(65)34-11-9-15-56(34)2)18-14-49-42(64)37-20-30(25-59(37)5)53-46(68)40-23-33(28-62(40)8)54-47(69)39-22-32(27-61(39)7)51-44(66)35-12-10-16-57(35)3/h9-12,15-16,19-28H,13-14,17-18H2,1-8H3,(H,48,63)(H,49,64)(H,50,65)(H,51,66)(H,52,67)(H,53,68)(H,54,69). The first-order valence-corrected chi connectivity index (χ1v) is 21.7. The van der Waals surface area contributed by atoms with Crippen molar-refractivity contribution in [2.45, 2.75) is 0 Å². The highest BCUT2D eigenvalue weighted by Gasteiger charge is 2.21. The Balaban J connectivity index is 0.826. The van der Waals surface area contributed by atoms with Crippen LogP contribution in [0.5, 0.6) is 0 Å². The summed E-state index contributed by atoms with van der Waals surface area (Å²) in [5, 5.41) is 19.8. The summed E-state index contributed by atoms with van der Waals surface area (Å²) in [7, 11) is 13.8. The first-order chi connectivity index (χ1) is 32.8. The van der Waals surface area contributed by atoms with Crippen molar-refractivity contribution in [1.82, 2.24) is 47.5 Å². The van der Waals surface area contributed by atoms with Gasteiger partial charge in [-0.2, -0.15) is 0 Å². The van der Waals surface area contributed by atoms with Crippen molar-refractivity contribution >= 4 is 69.8 Å². The van der Waals surface area contributed by atoms with E-state index in [1.807, 2.05) is 11.9 Å². The largest absolute Gasteiger partial charge is 0.349 e. The van der Waals surface area contributed by atoms with Crippen molar-refractivity contribution in [1.29, 1.82) is 0 Å². The monoisotopic (exact) mass is 941 g/mol. The molecule has 0 atom stereocenters. The Kier molecular flexibility index (Phi) is 14.2. The van der Waals surface area contributed by atoms with Crippen molar-refractivity contribution in [2.75, 3.05) is 59.8 Å². The van der Waals surface area contributed by atoms with E-state index in [1.54, 1.807) is 173 Å². The Hall–Kier alpha value is -8.79. The number of aromatic nitrogens is 7. The summed E-state index contributed by atoms with van der Waals surface area (Å²) < 4.78 is 11.4. The number of likely N-dealkylation sites (N-methyl/N-ethyl adjacent to an activating group) is 1. The molecule has 0 aliphatic carbocycles. The van der Waals surface area contributed by atoms with Crippen LogP contribution in [0, 0.1) is 0 Å². The van der Waals surface area contributed by atoms with Gasteiger partial charge in [-0.3, -0.25) is 33.6 Å². The van der Waals surface area contributed by atoms with Crippen molar-refractivity contribution in [3.8, 4) is 0 Å². The number of anilines is 5. The lowest BCUT2D eigenvalue weighted by atomic mass is 10.3. The van der Waals surface area contributed by atoms with Crippen LogP contribution in [0.15, 0.2) is 98.0 Å². The first-order valence-electron chi connectivity index (χ1n) is 21.7. The molecule has 0 fully saturated rings. The first kappa shape index (κ1) is 48.2. The molecule has 0 bridgehead atoms. The second kappa shape index (κ2) is 20.4. The summed E-state index contributed by atoms with van der Waals surface area (Å²) in [6.07, 6.45) is 11.7. The normalized spacial score (nSPS) is 11.1. The Morgan fingerprint density at radius 3 is 0.870 bits per heavy atom. The Bertz CT molecular complexity index is 3090. The van der Waals surface area contributed by atoms with Crippen LogP contribution in [-0.2, 0) is 49.3 Å². The maximum atomic E-state index is 13.3. The minimum Gasteiger partial charge on any atom is -0.349 e. The fourth-order valence-electron chi connectivity index (χ4n) is 7.68. The van der Waals surface area contributed by atoms with Gasteiger partial charge < -0.3 is 74.1 Å². The van der Waals surface area contributed by atoms with Gasteiger partial charge in [-0.05, 0) is 61.6 Å². The molecule has 0 saturated heterocycles. The molecule has 69 heavy (non-hydrogen) atoms. The predicted octanol–water partition coefficient (Wildman–Crippen LogP) is 3.41. The van der Waals surface area contributed by atoms with Gasteiger partial charge in [-0.25, -0.2) is 0 Å². The van der Waals surface area contributed by atoms with E-state index in [4.69, 9.17) is 0 Å². The molecule has 0 spiro atoms. The molecule has 7 aromatic heterocycles. The number of carbonyl (C=O) groups is 7. The lowest BCUT2D eigenvalue weighted by Crippen LogP contribution is -2.38. The van der Waals surface area contributed by atoms with E-state index in [9.17, 15) is 33.6 Å². The number of aryl methyl sites for hydroxylation is 7. The number of nitrogens with one attached hydrogen (secondary N) is 7.